The highest BCUT2D eigenvalue weighted by atomic mass is 35.7. The van der Waals surface area contributed by atoms with Gasteiger partial charge in [0.1, 0.15) is 0 Å². The van der Waals surface area contributed by atoms with E-state index in [4.69, 9.17) is 0 Å². The molecule has 1 saturated heterocycles. The molecule has 0 spiro atoms. The average molecular weight is 198 g/mol. The molecule has 1 heterocycles. The molecule has 0 saturated carbocycles. The van der Waals surface area contributed by atoms with Crippen LogP contribution in [0.15, 0.2) is 0 Å². The van der Waals surface area contributed by atoms with E-state index in [1.165, 1.54) is 0 Å². The van der Waals surface area contributed by atoms with E-state index in [1.54, 1.807) is 5.32 Å². The van der Waals surface area contributed by atoms with Crippen LogP contribution in [0.3, 0.4) is 0 Å². The van der Waals surface area contributed by atoms with Gasteiger partial charge >= 0.3 is 0 Å². The van der Waals surface area contributed by atoms with Gasteiger partial charge in [0.25, 0.3) is 12.0 Å². The number of rotatable bonds is 2. The lowest BCUT2D eigenvalue weighted by Crippen LogP contribution is -2.62. The van der Waals surface area contributed by atoms with Crippen molar-refractivity contribution in [2.45, 2.75) is 12.5 Å². The lowest BCUT2D eigenvalue weighted by Gasteiger charge is -2.13. The van der Waals surface area contributed by atoms with Gasteiger partial charge in [0.05, 0.1) is 21.0 Å². The maximum atomic E-state index is 10.6. The Bertz CT molecular complexity index is 222. The molecule has 0 aromatic heterocycles. The average Bonchev–Trinajstić information content (AvgIpc) is 2.06. The van der Waals surface area contributed by atoms with Crippen LogP contribution >= 0.6 is 0 Å². The van der Waals surface area contributed by atoms with Crippen LogP contribution in [0.5, 0.6) is 0 Å². The van der Waals surface area contributed by atoms with Crippen molar-refractivity contribution in [2.75, 3.05) is 0 Å². The van der Waals surface area contributed by atoms with E-state index in [2.05, 4.69) is 4.29 Å². The summed E-state index contributed by atoms with van der Waals surface area (Å²) in [7, 11) is -4.66. The smallest absolute Gasteiger partial charge is 0.293 e. The summed E-state index contributed by atoms with van der Waals surface area (Å²) in [6, 6.07) is 0. The molecule has 1 unspecified atom stereocenters. The predicted octanol–water partition coefficient (Wildman–Crippen LogP) is -4.68. The zero-order valence-corrected chi connectivity index (χ0v) is 6.37. The van der Waals surface area contributed by atoms with Crippen molar-refractivity contribution in [3.63, 3.8) is 0 Å². The zero-order valence-electron chi connectivity index (χ0n) is 5.61. The lowest BCUT2D eigenvalue weighted by molar-refractivity contribution is -1.92. The number of amides is 2. The molecule has 2 amide bonds. The molecule has 0 aromatic carbocycles. The van der Waals surface area contributed by atoms with Crippen LogP contribution < -0.4 is 19.3 Å². The fourth-order valence-corrected chi connectivity index (χ4v) is 1.14. The SMILES string of the molecule is O=C1CC(O[Cl+3]([O-])([O-])[O-])C(=O)N1. The first-order valence-electron chi connectivity index (χ1n) is 2.81. The van der Waals surface area contributed by atoms with E-state index < -0.39 is 34.6 Å². The maximum Gasteiger partial charge on any atom is 0.299 e. The molecule has 0 radical (unpaired) electrons. The summed E-state index contributed by atoms with van der Waals surface area (Å²) in [4.78, 5) is 21.0. The Labute approximate surface area is 68.7 Å². The van der Waals surface area contributed by atoms with Crippen LogP contribution in [-0.2, 0) is 13.9 Å². The first-order valence-corrected chi connectivity index (χ1v) is 4.05. The van der Waals surface area contributed by atoms with Crippen LogP contribution in [0.1, 0.15) is 6.42 Å². The van der Waals surface area contributed by atoms with E-state index in [0.29, 0.717) is 0 Å². The van der Waals surface area contributed by atoms with E-state index in [9.17, 15) is 23.6 Å². The molecule has 0 aromatic rings. The molecular formula is C4H4ClNO6. The number of carbonyl (C=O) groups is 2. The molecule has 12 heavy (non-hydrogen) atoms. The summed E-state index contributed by atoms with van der Waals surface area (Å²) < 4.78 is 33.6. The number of carbonyl (C=O) groups excluding carboxylic acids is 2. The first-order chi connectivity index (χ1) is 5.38. The van der Waals surface area contributed by atoms with Crippen LogP contribution in [0.2, 0.25) is 0 Å². The van der Waals surface area contributed by atoms with E-state index >= 15 is 0 Å². The highest BCUT2D eigenvalue weighted by molar-refractivity contribution is 6.04. The third kappa shape index (κ3) is 2.40. The van der Waals surface area contributed by atoms with Crippen molar-refractivity contribution in [1.29, 1.82) is 0 Å². The van der Waals surface area contributed by atoms with Gasteiger partial charge in [-0.15, -0.1) is 0 Å². The highest BCUT2D eigenvalue weighted by Crippen LogP contribution is 2.09. The van der Waals surface area contributed by atoms with Crippen molar-refractivity contribution < 1.29 is 38.1 Å². The summed E-state index contributed by atoms with van der Waals surface area (Å²) in [5.74, 6) is -1.57. The molecule has 7 nitrogen and oxygen atoms in total. The minimum absolute atomic E-state index is 0.437. The van der Waals surface area contributed by atoms with Gasteiger partial charge < -0.3 is 0 Å². The van der Waals surface area contributed by atoms with Gasteiger partial charge in [0.15, 0.2) is 0 Å². The molecular weight excluding hydrogens is 193 g/mol. The fraction of sp³-hybridized carbons (Fsp3) is 0.500. The van der Waals surface area contributed by atoms with Crippen LogP contribution in [0.4, 0.5) is 0 Å². The Morgan fingerprint density at radius 1 is 1.42 bits per heavy atom. The Morgan fingerprint density at radius 3 is 2.33 bits per heavy atom. The maximum absolute atomic E-state index is 10.6. The van der Waals surface area contributed by atoms with Crippen LogP contribution in [0, 0.1) is 10.2 Å². The van der Waals surface area contributed by atoms with Gasteiger partial charge in [-0.25, -0.2) is 0 Å². The van der Waals surface area contributed by atoms with Gasteiger partial charge in [0.2, 0.25) is 5.91 Å². The van der Waals surface area contributed by atoms with Crippen molar-refractivity contribution in [1.82, 2.24) is 5.32 Å². The van der Waals surface area contributed by atoms with Crippen molar-refractivity contribution >= 4 is 11.8 Å². The summed E-state index contributed by atoms with van der Waals surface area (Å²) in [6.45, 7) is 0. The van der Waals surface area contributed by atoms with E-state index in [0.717, 1.165) is 0 Å². The fourth-order valence-electron chi connectivity index (χ4n) is 0.734. The molecule has 1 rings (SSSR count). The number of nitrogens with one attached hydrogen (secondary N) is 1. The summed E-state index contributed by atoms with van der Waals surface area (Å²) in [6.07, 6.45) is -1.95. The van der Waals surface area contributed by atoms with E-state index in [1.807, 2.05) is 0 Å². The van der Waals surface area contributed by atoms with Crippen LogP contribution in [-0.4, -0.2) is 17.9 Å². The quantitative estimate of drug-likeness (QED) is 0.444. The monoisotopic (exact) mass is 197 g/mol. The van der Waals surface area contributed by atoms with Crippen molar-refractivity contribution in [3.05, 3.63) is 0 Å². The molecule has 1 aliphatic heterocycles. The standard InChI is InChI=1S/C4H4ClNO6/c7-3-1-2(4(8)6-3)12-5(9,10)11/h2H,1H2,(H,6,7,8). The largest absolute Gasteiger partial charge is 0.299 e. The normalized spacial score (nSPS) is 24.4. The second-order valence-electron chi connectivity index (χ2n) is 2.07. The molecule has 1 fully saturated rings. The second-order valence-corrected chi connectivity index (χ2v) is 3.01. The molecule has 8 heteroatoms. The third-order valence-electron chi connectivity index (χ3n) is 1.14. The number of hydrogen-bond acceptors (Lipinski definition) is 6. The minimum atomic E-state index is -4.66. The summed E-state index contributed by atoms with van der Waals surface area (Å²) in [5, 5.41) is 1.78. The summed E-state index contributed by atoms with van der Waals surface area (Å²) >= 11 is 0. The van der Waals surface area contributed by atoms with Gasteiger partial charge in [-0.3, -0.25) is 14.9 Å². The highest BCUT2D eigenvalue weighted by Gasteiger charge is 2.42. The Balaban J connectivity index is 2.54. The van der Waals surface area contributed by atoms with Gasteiger partial charge in [0, 0.05) is 0 Å². The lowest BCUT2D eigenvalue weighted by atomic mass is 10.3. The second kappa shape index (κ2) is 2.96. The number of hydrogen-bond donors (Lipinski definition) is 1. The molecule has 1 N–H and O–H groups in total. The Morgan fingerprint density at radius 2 is 2.00 bits per heavy atom. The van der Waals surface area contributed by atoms with Gasteiger partial charge in [-0.05, 0) is 0 Å². The molecule has 1 aliphatic rings. The van der Waals surface area contributed by atoms with Gasteiger partial charge in [-0.1, -0.05) is 0 Å². The minimum Gasteiger partial charge on any atom is -0.293 e. The number of imide groups is 1. The predicted molar refractivity (Wildman–Crippen MR) is 22.6 cm³/mol. The van der Waals surface area contributed by atoms with Gasteiger partial charge in [-0.2, -0.15) is 14.0 Å². The Hall–Kier alpha value is -0.730. The van der Waals surface area contributed by atoms with Crippen molar-refractivity contribution in [3.8, 4) is 0 Å². The van der Waals surface area contributed by atoms with Crippen molar-refractivity contribution in [2.24, 2.45) is 0 Å². The van der Waals surface area contributed by atoms with E-state index in [-0.39, 0.29) is 0 Å². The molecule has 0 bridgehead atoms. The third-order valence-corrected chi connectivity index (χ3v) is 1.58. The molecule has 1 atom stereocenters. The zero-order chi connectivity index (χ0) is 9.35. The molecule has 0 aliphatic carbocycles. The molecule has 68 valence electrons. The number of halogens is 1. The first kappa shape index (κ1) is 9.36. The topological polar surface area (TPSA) is 125 Å². The summed E-state index contributed by atoms with van der Waals surface area (Å²) in [5.41, 5.74) is 0. The van der Waals surface area contributed by atoms with Crippen LogP contribution in [0.25, 0.3) is 0 Å². The Kier molecular flexibility index (Phi) is 2.31.